The molecule has 1 aromatic heterocycles. The van der Waals surface area contributed by atoms with Gasteiger partial charge >= 0.3 is 0 Å². The maximum Gasteiger partial charge on any atom is 0.192 e. The van der Waals surface area contributed by atoms with Gasteiger partial charge in [0.15, 0.2) is 8.32 Å². The van der Waals surface area contributed by atoms with Crippen LogP contribution < -0.4 is 0 Å². The second-order valence-corrected chi connectivity index (χ2v) is 10.5. The van der Waals surface area contributed by atoms with Crippen LogP contribution in [-0.4, -0.2) is 29.9 Å². The summed E-state index contributed by atoms with van der Waals surface area (Å²) < 4.78 is 7.95. The Kier molecular flexibility index (Phi) is 3.91. The molecule has 1 rings (SSSR count). The van der Waals surface area contributed by atoms with Crippen LogP contribution in [0.2, 0.25) is 18.1 Å². The van der Waals surface area contributed by atoms with Gasteiger partial charge < -0.3 is 4.43 Å². The predicted octanol–water partition coefficient (Wildman–Crippen LogP) is 2.61. The second-order valence-electron chi connectivity index (χ2n) is 5.71. The third-order valence-electron chi connectivity index (χ3n) is 3.38. The summed E-state index contributed by atoms with van der Waals surface area (Å²) in [6.07, 6.45) is 1.77. The first-order chi connectivity index (χ1) is 7.24. The van der Waals surface area contributed by atoms with E-state index in [0.29, 0.717) is 0 Å². The van der Waals surface area contributed by atoms with Crippen molar-refractivity contribution in [2.24, 2.45) is 0 Å². The molecule has 1 aromatic rings. The molecule has 16 heavy (non-hydrogen) atoms. The molecule has 0 aromatic carbocycles. The topological polar surface area (TPSA) is 39.9 Å². The Balaban J connectivity index is 2.45. The van der Waals surface area contributed by atoms with E-state index >= 15 is 0 Å². The van der Waals surface area contributed by atoms with Gasteiger partial charge in [-0.05, 0) is 25.1 Å². The van der Waals surface area contributed by atoms with Crippen molar-refractivity contribution in [2.45, 2.75) is 52.4 Å². The zero-order valence-electron chi connectivity index (χ0n) is 11.2. The number of aromatic nitrogens is 3. The molecule has 0 radical (unpaired) electrons. The zero-order chi connectivity index (χ0) is 12.4. The molecule has 4 nitrogen and oxygen atoms in total. The molecule has 0 amide bonds. The fraction of sp³-hybridized carbons (Fsp3) is 0.818. The van der Waals surface area contributed by atoms with Crippen LogP contribution in [0.15, 0.2) is 6.20 Å². The summed E-state index contributed by atoms with van der Waals surface area (Å²) >= 11 is 0. The van der Waals surface area contributed by atoms with Crippen LogP contribution in [0, 0.1) is 6.92 Å². The molecular formula is C11H23N3OSi. The van der Waals surface area contributed by atoms with E-state index < -0.39 is 8.32 Å². The average Bonchev–Trinajstić information content (AvgIpc) is 2.49. The van der Waals surface area contributed by atoms with Crippen molar-refractivity contribution in [3.8, 4) is 0 Å². The lowest BCUT2D eigenvalue weighted by Gasteiger charge is -2.36. The smallest absolute Gasteiger partial charge is 0.192 e. The highest BCUT2D eigenvalue weighted by atomic mass is 28.4. The lowest BCUT2D eigenvalue weighted by Crippen LogP contribution is -2.41. The molecule has 0 spiro atoms. The Morgan fingerprint density at radius 2 is 2.00 bits per heavy atom. The predicted molar refractivity (Wildman–Crippen MR) is 67.9 cm³/mol. The van der Waals surface area contributed by atoms with Crippen molar-refractivity contribution in [2.75, 3.05) is 6.61 Å². The van der Waals surface area contributed by atoms with Crippen molar-refractivity contribution < 1.29 is 4.43 Å². The molecule has 0 fully saturated rings. The third kappa shape index (κ3) is 3.15. The summed E-state index contributed by atoms with van der Waals surface area (Å²) in [5.74, 6) is 0. The van der Waals surface area contributed by atoms with Gasteiger partial charge in [-0.3, -0.25) is 0 Å². The molecule has 0 aliphatic rings. The molecule has 0 saturated carbocycles. The highest BCUT2D eigenvalue weighted by molar-refractivity contribution is 6.74. The molecule has 0 aliphatic carbocycles. The maximum atomic E-state index is 6.07. The molecule has 0 bridgehead atoms. The Morgan fingerprint density at radius 3 is 2.44 bits per heavy atom. The minimum absolute atomic E-state index is 0.268. The Labute approximate surface area is 99.1 Å². The van der Waals surface area contributed by atoms with Crippen LogP contribution in [0.25, 0.3) is 0 Å². The quantitative estimate of drug-likeness (QED) is 0.761. The molecule has 92 valence electrons. The molecule has 0 aliphatic heterocycles. The molecule has 0 unspecified atom stereocenters. The maximum absolute atomic E-state index is 6.07. The van der Waals surface area contributed by atoms with Crippen molar-refractivity contribution >= 4 is 8.32 Å². The lowest BCUT2D eigenvalue weighted by molar-refractivity contribution is 0.263. The van der Waals surface area contributed by atoms with E-state index in [4.69, 9.17) is 4.43 Å². The van der Waals surface area contributed by atoms with Gasteiger partial charge in [0.2, 0.25) is 0 Å². The molecule has 0 atom stereocenters. The number of hydrogen-bond donors (Lipinski definition) is 0. The van der Waals surface area contributed by atoms with E-state index in [9.17, 15) is 0 Å². The van der Waals surface area contributed by atoms with Gasteiger partial charge in [-0.15, -0.1) is 5.10 Å². The average molecular weight is 241 g/mol. The zero-order valence-corrected chi connectivity index (χ0v) is 12.2. The summed E-state index contributed by atoms with van der Waals surface area (Å²) in [5.41, 5.74) is 1.08. The van der Waals surface area contributed by atoms with E-state index in [0.717, 1.165) is 18.8 Å². The Hall–Kier alpha value is -0.683. The van der Waals surface area contributed by atoms with Gasteiger partial charge in [-0.1, -0.05) is 26.0 Å². The van der Waals surface area contributed by atoms with E-state index in [2.05, 4.69) is 44.2 Å². The minimum Gasteiger partial charge on any atom is -0.415 e. The number of hydrogen-bond acceptors (Lipinski definition) is 3. The summed E-state index contributed by atoms with van der Waals surface area (Å²) in [4.78, 5) is 0. The lowest BCUT2D eigenvalue weighted by atomic mass is 10.2. The summed E-state index contributed by atoms with van der Waals surface area (Å²) in [6, 6.07) is 0. The van der Waals surface area contributed by atoms with Gasteiger partial charge in [0.05, 0.1) is 25.0 Å². The molecule has 1 heterocycles. The molecule has 5 heteroatoms. The standard InChI is InChI=1S/C11H23N3OSi/c1-10-9-12-13-14(10)7-8-15-16(5,6)11(2,3)4/h9H,7-8H2,1-6H3. The fourth-order valence-corrected chi connectivity index (χ4v) is 2.17. The SMILES string of the molecule is Cc1cnnn1CCO[Si](C)(C)C(C)(C)C. The molecular weight excluding hydrogens is 218 g/mol. The first kappa shape index (κ1) is 13.4. The van der Waals surface area contributed by atoms with Crippen molar-refractivity contribution in [1.29, 1.82) is 0 Å². The van der Waals surface area contributed by atoms with Crippen LogP contribution in [0.5, 0.6) is 0 Å². The van der Waals surface area contributed by atoms with Crippen LogP contribution in [0.1, 0.15) is 26.5 Å². The van der Waals surface area contributed by atoms with Gasteiger partial charge in [-0.25, -0.2) is 4.68 Å². The highest BCUT2D eigenvalue weighted by Gasteiger charge is 2.36. The fourth-order valence-electron chi connectivity index (χ4n) is 1.13. The minimum atomic E-state index is -1.62. The Bertz CT molecular complexity index is 341. The van der Waals surface area contributed by atoms with Gasteiger partial charge in [0, 0.05) is 0 Å². The van der Waals surface area contributed by atoms with Crippen LogP contribution in [0.3, 0.4) is 0 Å². The van der Waals surface area contributed by atoms with E-state index in [1.54, 1.807) is 6.20 Å². The number of rotatable bonds is 4. The van der Waals surface area contributed by atoms with Gasteiger partial charge in [0.1, 0.15) is 0 Å². The van der Waals surface area contributed by atoms with Crippen LogP contribution in [-0.2, 0) is 11.0 Å². The van der Waals surface area contributed by atoms with E-state index in [1.807, 2.05) is 11.6 Å². The largest absolute Gasteiger partial charge is 0.415 e. The third-order valence-corrected chi connectivity index (χ3v) is 7.92. The summed E-state index contributed by atoms with van der Waals surface area (Å²) in [5, 5.41) is 8.12. The second kappa shape index (κ2) is 4.67. The molecule has 0 saturated heterocycles. The summed E-state index contributed by atoms with van der Waals surface area (Å²) in [7, 11) is -1.62. The molecule has 0 N–H and O–H groups in total. The van der Waals surface area contributed by atoms with E-state index in [-0.39, 0.29) is 5.04 Å². The van der Waals surface area contributed by atoms with Gasteiger partial charge in [-0.2, -0.15) is 0 Å². The van der Waals surface area contributed by atoms with Crippen molar-refractivity contribution in [1.82, 2.24) is 15.0 Å². The highest BCUT2D eigenvalue weighted by Crippen LogP contribution is 2.36. The monoisotopic (exact) mass is 241 g/mol. The Morgan fingerprint density at radius 1 is 1.38 bits per heavy atom. The van der Waals surface area contributed by atoms with Gasteiger partial charge in [0.25, 0.3) is 0 Å². The van der Waals surface area contributed by atoms with Crippen LogP contribution in [0.4, 0.5) is 0 Å². The van der Waals surface area contributed by atoms with E-state index in [1.165, 1.54) is 0 Å². The number of nitrogens with zero attached hydrogens (tertiary/aromatic N) is 3. The van der Waals surface area contributed by atoms with Crippen molar-refractivity contribution in [3.05, 3.63) is 11.9 Å². The first-order valence-corrected chi connectivity index (χ1v) is 8.64. The number of aryl methyl sites for hydroxylation is 1. The summed E-state index contributed by atoms with van der Waals surface area (Å²) in [6.45, 7) is 14.8. The normalized spacial score (nSPS) is 13.1. The van der Waals surface area contributed by atoms with Crippen molar-refractivity contribution in [3.63, 3.8) is 0 Å². The first-order valence-electron chi connectivity index (χ1n) is 5.73. The van der Waals surface area contributed by atoms with Crippen LogP contribution >= 0.6 is 0 Å².